The van der Waals surface area contributed by atoms with Gasteiger partial charge in [-0.2, -0.15) is 0 Å². The zero-order valence-electron chi connectivity index (χ0n) is 74.8. The number of fused-ring (bicyclic) bond motifs is 15. The fourth-order valence-electron chi connectivity index (χ4n) is 20.3. The fourth-order valence-corrected chi connectivity index (χ4v) is 21.9. The van der Waals surface area contributed by atoms with Gasteiger partial charge >= 0.3 is 24.2 Å². The van der Waals surface area contributed by atoms with Gasteiger partial charge in [-0.3, -0.25) is 0 Å². The summed E-state index contributed by atoms with van der Waals surface area (Å²) >= 11 is 54.7. The molecule has 12 aromatic carbocycles. The molecule has 0 aliphatic carbocycles. The number of ether oxygens (including phenoxy) is 16. The standard InChI is InChI=1S/C112H76Cl8N4O16.2O.Ru/c113-69-21-1-13-61(45-69)109(62-14-2-22-70(114)46-62)133-93-53-125-85-29-9-31-87-105(85)101-77-37-38-78(121-77)102-80-40-42-82(123-80)104-84-44-43-83(124-84)103(81-41-39-79(101)122-81)107-89(129-57-97-95(55-127-87)135-110(137-97,63-15-3-23-71(115)47-63)64-16-4-24-72(116)48-64)33-11-35-91(107)131-59-99-100(140-112(139-99,67-19-7-27-75(119)51-67)68-20-8-28-76(120)52-68)60-132-92-36-12-34-90(108(92)104)130-58-98-96(56-128-88-32-10-30-86(106(88)102)126-54-94(93)134-109)136-111(138-98,65-17-5-25-73(117)49-65)66-18-6-26-74(118)50-66;;;/h1-52,93-100H,53-60H2;;;/q-2;;;/t93-,94-,95-,96-,97-,98-,99+,100+;;;/m0.../s1. The Labute approximate surface area is 866 Å². The van der Waals surface area contributed by atoms with Crippen molar-refractivity contribution >= 4 is 127 Å². The first kappa shape index (κ1) is 93.2. The van der Waals surface area contributed by atoms with E-state index in [4.69, 9.17) is 196 Å². The van der Waals surface area contributed by atoms with Gasteiger partial charge in [0.25, 0.3) is 0 Å². The zero-order valence-corrected chi connectivity index (χ0v) is 82.6. The maximum absolute atomic E-state index is 8.46. The first-order chi connectivity index (χ1) is 69.8. The molecule has 0 unspecified atom stereocenters. The van der Waals surface area contributed by atoms with Gasteiger partial charge in [0.15, 0.2) is 0 Å². The number of nitrogens with zero attached hydrogens (tertiary/aromatic N) is 4. The summed E-state index contributed by atoms with van der Waals surface area (Å²) in [5.41, 5.74) is 10.2. The quantitative estimate of drug-likeness (QED) is 0.129. The SMILES string of the molecule is Clc1cccc(C2(c3cccc(Cl)c3)O[C@H]3COc4cccc5c4C4=C6C=CC(=N6)C6=c7ccc([n-]7)=C7C8=NC(=C(c9ccc4[n-]9)c4c(cccc4OC[C@H]4OC(c9cccc(Cl)c9)(c9cccc(Cl)c9)O[C@@H]4COc4cccc(c47)OC[C@@H]4OC(c7cccc(Cl)c7)(c7cccc(Cl)c7)O[C@H]4COc4cccc(c46)OC[C@@H]4OC(c6cccc(Cl)c6)(c6cccc(Cl)c6)O[C@H]4CO5)OC[C@@H]3O2)C=C8)c1.[O]=[Ru]=[O]. The van der Waals surface area contributed by atoms with Crippen LogP contribution < -0.4 is 58.6 Å². The van der Waals surface area contributed by atoms with E-state index in [0.717, 1.165) is 0 Å². The molecule has 718 valence electrons. The van der Waals surface area contributed by atoms with Crippen molar-refractivity contribution in [3.63, 3.8) is 0 Å². The van der Waals surface area contributed by atoms with E-state index in [9.17, 15) is 0 Å². The molecule has 3 saturated heterocycles. The number of rotatable bonds is 8. The van der Waals surface area contributed by atoms with Gasteiger partial charge in [-0.05, 0) is 170 Å². The summed E-state index contributed by atoms with van der Waals surface area (Å²) in [7, 11) is 0. The second-order valence-electron chi connectivity index (χ2n) is 35.2. The Morgan fingerprint density at radius 3 is 0.622 bits per heavy atom. The summed E-state index contributed by atoms with van der Waals surface area (Å²) in [6.07, 6.45) is -0.236. The van der Waals surface area contributed by atoms with Crippen LogP contribution in [0.25, 0.3) is 22.3 Å². The van der Waals surface area contributed by atoms with Crippen LogP contribution in [0.4, 0.5) is 0 Å². The van der Waals surface area contributed by atoms with Crippen molar-refractivity contribution in [3.05, 3.63) is 456 Å². The van der Waals surface area contributed by atoms with E-state index < -0.39 is 89.0 Å². The van der Waals surface area contributed by atoms with Crippen molar-refractivity contribution in [1.82, 2.24) is 9.97 Å². The third-order valence-electron chi connectivity index (χ3n) is 26.6. The van der Waals surface area contributed by atoms with E-state index >= 15 is 0 Å². The topological polar surface area (TPSA) is 235 Å². The summed E-state index contributed by atoms with van der Waals surface area (Å²) in [6.45, 7) is -1.61. The van der Waals surface area contributed by atoms with Crippen LogP contribution in [-0.4, -0.2) is 113 Å². The minimum absolute atomic E-state index is 0.202. The number of allylic oxidation sites excluding steroid dienone is 4. The number of hydrogen-bond acceptors (Lipinski definition) is 20. The molecule has 13 heterocycles. The molecular weight excluding hydrogens is 2070 g/mol. The van der Waals surface area contributed by atoms with Crippen LogP contribution in [0.1, 0.15) is 78.1 Å². The Hall–Kier alpha value is -12.1. The summed E-state index contributed by atoms with van der Waals surface area (Å²) in [5, 5.41) is 4.16. The Morgan fingerprint density at radius 1 is 0.238 bits per heavy atom. The molecule has 22 nitrogen and oxygen atoms in total. The third-order valence-corrected chi connectivity index (χ3v) is 28.5. The maximum atomic E-state index is 8.46. The first-order valence-corrected chi connectivity index (χ1v) is 50.3. The van der Waals surface area contributed by atoms with Gasteiger partial charge in [0.05, 0.1) is 45.1 Å². The van der Waals surface area contributed by atoms with Gasteiger partial charge < -0.3 is 85.8 Å². The van der Waals surface area contributed by atoms with Crippen molar-refractivity contribution in [1.29, 1.82) is 0 Å². The molecule has 0 amide bonds. The van der Waals surface area contributed by atoms with Gasteiger partial charge in [-0.1, -0.05) is 238 Å². The van der Waals surface area contributed by atoms with Gasteiger partial charge in [-0.25, -0.2) is 9.98 Å². The molecular formula is C112H76Cl8N4O18Ru-2. The molecule has 31 heteroatoms. The number of hydrogen-bond donors (Lipinski definition) is 0. The minimum atomic E-state index is -1.79. The molecule has 32 bridgehead atoms. The first-order valence-electron chi connectivity index (χ1n) is 45.8. The molecule has 25 rings (SSSR count). The van der Waals surface area contributed by atoms with Crippen LogP contribution in [0.3, 0.4) is 0 Å². The average molecular weight is 2150 g/mol. The number of aromatic nitrogens is 2. The van der Waals surface area contributed by atoms with Crippen LogP contribution in [0, 0.1) is 0 Å². The van der Waals surface area contributed by atoms with Crippen LogP contribution in [-0.2, 0) is 85.2 Å². The summed E-state index contributed by atoms with van der Waals surface area (Å²) < 4.78 is 139. The van der Waals surface area contributed by atoms with Crippen molar-refractivity contribution in [3.8, 4) is 46.0 Å². The van der Waals surface area contributed by atoms with E-state index in [1.54, 1.807) is 48.5 Å². The van der Waals surface area contributed by atoms with Crippen LogP contribution in [0.2, 0.25) is 40.2 Å². The zero-order chi connectivity index (χ0) is 97.0. The van der Waals surface area contributed by atoms with Crippen molar-refractivity contribution in [2.45, 2.75) is 72.0 Å². The van der Waals surface area contributed by atoms with Gasteiger partial charge in [-0.15, -0.1) is 22.1 Å². The molecule has 0 radical (unpaired) electrons. The number of benzene rings is 12. The van der Waals surface area contributed by atoms with E-state index in [2.05, 4.69) is 0 Å². The average Bonchev–Trinajstić information content (AvgIpc) is 1.59. The Morgan fingerprint density at radius 2 is 0.427 bits per heavy atom. The monoisotopic (exact) mass is 2150 g/mol. The van der Waals surface area contributed by atoms with Crippen molar-refractivity contribution in [2.24, 2.45) is 9.98 Å². The molecule has 0 saturated carbocycles. The summed E-state index contributed by atoms with van der Waals surface area (Å²) in [5.74, 6) is -4.40. The van der Waals surface area contributed by atoms with Crippen molar-refractivity contribution in [2.75, 3.05) is 52.9 Å². The Balaban J connectivity index is 0.00000363. The molecule has 143 heavy (non-hydrogen) atoms. The molecule has 11 aliphatic rings. The molecule has 0 N–H and O–H groups in total. The third kappa shape index (κ3) is 17.1. The number of halogens is 8. The van der Waals surface area contributed by atoms with E-state index in [0.29, 0.717) is 220 Å². The summed E-state index contributed by atoms with van der Waals surface area (Å²) in [6, 6.07) is 89.0. The van der Waals surface area contributed by atoms with Gasteiger partial charge in [0.2, 0.25) is 23.1 Å². The molecule has 14 aromatic rings. The van der Waals surface area contributed by atoms with Gasteiger partial charge in [0.1, 0.15) is 148 Å². The number of aliphatic imine (C=N–C) groups is 2. The molecule has 3 fully saturated rings. The van der Waals surface area contributed by atoms with E-state index in [-0.39, 0.29) is 52.9 Å². The van der Waals surface area contributed by atoms with Crippen LogP contribution in [0.15, 0.2) is 337 Å². The molecule has 2 aromatic heterocycles. The van der Waals surface area contributed by atoms with Crippen LogP contribution in [0.5, 0.6) is 46.0 Å². The second-order valence-corrected chi connectivity index (χ2v) is 39.0. The Kier molecular flexibility index (Phi) is 25.1. The molecule has 11 aliphatic heterocycles. The summed E-state index contributed by atoms with van der Waals surface area (Å²) in [4.78, 5) is 23.8. The predicted molar refractivity (Wildman–Crippen MR) is 534 cm³/mol. The van der Waals surface area contributed by atoms with E-state index in [1.807, 2.05) is 267 Å². The second kappa shape index (κ2) is 38.4. The fraction of sp³-hybridized carbons (Fsp3) is 0.179. The van der Waals surface area contributed by atoms with Gasteiger partial charge in [0, 0.05) is 107 Å². The normalized spacial score (nSPS) is 22.1. The molecule has 8 atom stereocenters. The van der Waals surface area contributed by atoms with Crippen LogP contribution >= 0.6 is 92.8 Å². The molecule has 0 spiro atoms. The van der Waals surface area contributed by atoms with Crippen molar-refractivity contribution < 1.29 is 100.0 Å². The van der Waals surface area contributed by atoms with E-state index in [1.165, 1.54) is 0 Å². The Bertz CT molecular complexity index is 7330. The predicted octanol–water partition coefficient (Wildman–Crippen LogP) is 22.1.